The van der Waals surface area contributed by atoms with Crippen molar-refractivity contribution in [2.75, 3.05) is 6.61 Å². The molecule has 69 heavy (non-hydrogen) atoms. The van der Waals surface area contributed by atoms with E-state index in [1.54, 1.807) is 6.08 Å². The second-order valence-corrected chi connectivity index (χ2v) is 20.9. The van der Waals surface area contributed by atoms with E-state index in [4.69, 9.17) is 0 Å². The zero-order valence-corrected chi connectivity index (χ0v) is 46.2. The van der Waals surface area contributed by atoms with Crippen molar-refractivity contribution in [3.8, 4) is 0 Å². The van der Waals surface area contributed by atoms with E-state index in [1.165, 1.54) is 244 Å². The SMILES string of the molecule is CCCCCCCCC/C=C/CC/C=C/CC/C=C/C(O)C(CO)NC(=O)CC(O)CCCCCCCCCCCCCCCCC/C=C\C/C=C\CCCCCCCCCCCCCCCCC. The number of nitrogens with one attached hydrogen (secondary N) is 1. The van der Waals surface area contributed by atoms with Crippen molar-refractivity contribution >= 4 is 5.91 Å². The van der Waals surface area contributed by atoms with Crippen LogP contribution in [0.1, 0.15) is 316 Å². The van der Waals surface area contributed by atoms with Gasteiger partial charge in [-0.25, -0.2) is 0 Å². The quantitative estimate of drug-likeness (QED) is 0.0361. The van der Waals surface area contributed by atoms with E-state index in [9.17, 15) is 20.1 Å². The monoisotopic (exact) mass is 966 g/mol. The number of rotatable bonds is 56. The van der Waals surface area contributed by atoms with Crippen molar-refractivity contribution < 1.29 is 20.1 Å². The summed E-state index contributed by atoms with van der Waals surface area (Å²) in [6.45, 7) is 4.21. The van der Waals surface area contributed by atoms with Crippen molar-refractivity contribution in [3.63, 3.8) is 0 Å². The van der Waals surface area contributed by atoms with Crippen LogP contribution in [0, 0.1) is 0 Å². The molecule has 404 valence electrons. The first-order valence-corrected chi connectivity index (χ1v) is 30.6. The fourth-order valence-corrected chi connectivity index (χ4v) is 9.35. The van der Waals surface area contributed by atoms with Crippen LogP contribution in [0.25, 0.3) is 0 Å². The van der Waals surface area contributed by atoms with Crippen molar-refractivity contribution in [1.82, 2.24) is 5.32 Å². The lowest BCUT2D eigenvalue weighted by Gasteiger charge is -2.21. The number of aliphatic hydroxyl groups excluding tert-OH is 3. The predicted molar refractivity (Wildman–Crippen MR) is 305 cm³/mol. The Morgan fingerprint density at radius 1 is 0.377 bits per heavy atom. The highest BCUT2D eigenvalue weighted by Gasteiger charge is 2.20. The highest BCUT2D eigenvalue weighted by molar-refractivity contribution is 5.76. The van der Waals surface area contributed by atoms with Gasteiger partial charge in [-0.1, -0.05) is 293 Å². The Balaban J connectivity index is 3.54. The summed E-state index contributed by atoms with van der Waals surface area (Å²) in [7, 11) is 0. The fraction of sp³-hybridized carbons (Fsp3) is 0.828. The van der Waals surface area contributed by atoms with Gasteiger partial charge in [-0.3, -0.25) is 4.79 Å². The largest absolute Gasteiger partial charge is 0.394 e. The van der Waals surface area contributed by atoms with E-state index in [2.05, 4.69) is 67.8 Å². The summed E-state index contributed by atoms with van der Waals surface area (Å²) < 4.78 is 0. The van der Waals surface area contributed by atoms with E-state index in [1.807, 2.05) is 6.08 Å². The maximum absolute atomic E-state index is 12.5. The molecule has 0 bridgehead atoms. The lowest BCUT2D eigenvalue weighted by Crippen LogP contribution is -2.45. The van der Waals surface area contributed by atoms with Gasteiger partial charge in [0.1, 0.15) is 0 Å². The van der Waals surface area contributed by atoms with Crippen LogP contribution in [-0.4, -0.2) is 46.1 Å². The summed E-state index contributed by atoms with van der Waals surface area (Å²) in [5.74, 6) is -0.328. The molecule has 0 aromatic carbocycles. The Kier molecular flexibility index (Phi) is 57.0. The number of carbonyl (C=O) groups excluding carboxylic acids is 1. The van der Waals surface area contributed by atoms with E-state index in [-0.39, 0.29) is 18.9 Å². The molecule has 0 aromatic heterocycles. The third kappa shape index (κ3) is 55.2. The molecule has 0 fully saturated rings. The zero-order valence-electron chi connectivity index (χ0n) is 46.2. The van der Waals surface area contributed by atoms with Gasteiger partial charge in [-0.15, -0.1) is 0 Å². The molecule has 0 aromatic rings. The van der Waals surface area contributed by atoms with E-state index in [0.717, 1.165) is 44.9 Å². The minimum atomic E-state index is -0.962. The molecule has 1 amide bonds. The van der Waals surface area contributed by atoms with Gasteiger partial charge in [-0.2, -0.15) is 0 Å². The van der Waals surface area contributed by atoms with Gasteiger partial charge < -0.3 is 20.6 Å². The third-order valence-electron chi connectivity index (χ3n) is 14.0. The molecule has 0 spiro atoms. The van der Waals surface area contributed by atoms with Crippen LogP contribution in [0.2, 0.25) is 0 Å². The standard InChI is InChI=1S/C64H119NO4/c1-3-5-7-9-11-13-15-17-19-21-22-23-24-25-26-27-28-29-30-31-32-33-34-35-36-37-38-39-40-42-43-45-47-49-51-53-55-57-61(67)59-64(69)65-62(60-66)63(68)58-56-54-52-50-48-46-44-41-20-18-16-14-12-10-8-6-4-2/h20,28-29,31-32,41,48,50,56,58,61-63,66-68H,3-19,21-27,30,33-40,42-47,49,51-55,57,59-60H2,1-2H3,(H,65,69)/b29-28-,32-31-,41-20+,50-48+,58-56+. The highest BCUT2D eigenvalue weighted by Crippen LogP contribution is 2.17. The van der Waals surface area contributed by atoms with Crippen molar-refractivity contribution in [2.24, 2.45) is 0 Å². The lowest BCUT2D eigenvalue weighted by atomic mass is 10.0. The summed E-state index contributed by atoms with van der Waals surface area (Å²) in [5, 5.41) is 33.4. The van der Waals surface area contributed by atoms with Gasteiger partial charge >= 0.3 is 0 Å². The summed E-state index contributed by atoms with van der Waals surface area (Å²) in [6.07, 6.45) is 80.1. The fourth-order valence-electron chi connectivity index (χ4n) is 9.35. The Bertz CT molecular complexity index is 1160. The lowest BCUT2D eigenvalue weighted by molar-refractivity contribution is -0.124. The molecule has 5 heteroatoms. The van der Waals surface area contributed by atoms with Crippen LogP contribution in [0.15, 0.2) is 60.8 Å². The maximum Gasteiger partial charge on any atom is 0.222 e. The number of amides is 1. The van der Waals surface area contributed by atoms with Crippen LogP contribution >= 0.6 is 0 Å². The van der Waals surface area contributed by atoms with Crippen LogP contribution in [-0.2, 0) is 4.79 Å². The molecular weight excluding hydrogens is 847 g/mol. The molecule has 3 unspecified atom stereocenters. The van der Waals surface area contributed by atoms with Crippen LogP contribution < -0.4 is 5.32 Å². The van der Waals surface area contributed by atoms with Crippen molar-refractivity contribution in [2.45, 2.75) is 334 Å². The molecular formula is C64H119NO4. The minimum absolute atomic E-state index is 0.00150. The Morgan fingerprint density at radius 2 is 0.667 bits per heavy atom. The Hall–Kier alpha value is -1.95. The first-order valence-electron chi connectivity index (χ1n) is 30.6. The zero-order chi connectivity index (χ0) is 50.0. The van der Waals surface area contributed by atoms with Gasteiger partial charge in [0, 0.05) is 0 Å². The topological polar surface area (TPSA) is 89.8 Å². The molecule has 0 saturated carbocycles. The van der Waals surface area contributed by atoms with Crippen molar-refractivity contribution in [3.05, 3.63) is 60.8 Å². The van der Waals surface area contributed by atoms with Crippen LogP contribution in [0.3, 0.4) is 0 Å². The minimum Gasteiger partial charge on any atom is -0.394 e. The number of allylic oxidation sites excluding steroid dienone is 9. The summed E-state index contributed by atoms with van der Waals surface area (Å²) >= 11 is 0. The Morgan fingerprint density at radius 3 is 1.01 bits per heavy atom. The highest BCUT2D eigenvalue weighted by atomic mass is 16.3. The molecule has 4 N–H and O–H groups in total. The first-order chi connectivity index (χ1) is 34.0. The van der Waals surface area contributed by atoms with Gasteiger partial charge in [-0.05, 0) is 77.0 Å². The maximum atomic E-state index is 12.5. The van der Waals surface area contributed by atoms with Gasteiger partial charge in [0.15, 0.2) is 0 Å². The summed E-state index contributed by atoms with van der Waals surface area (Å²) in [4.78, 5) is 12.5. The molecule has 0 radical (unpaired) electrons. The van der Waals surface area contributed by atoms with E-state index >= 15 is 0 Å². The number of unbranched alkanes of at least 4 members (excludes halogenated alkanes) is 39. The molecule has 0 heterocycles. The van der Waals surface area contributed by atoms with E-state index < -0.39 is 18.2 Å². The second-order valence-electron chi connectivity index (χ2n) is 20.9. The predicted octanol–water partition coefficient (Wildman–Crippen LogP) is 19.3. The molecule has 0 aliphatic rings. The normalized spacial score (nSPS) is 13.6. The summed E-state index contributed by atoms with van der Waals surface area (Å²) in [6, 6.07) is -0.770. The van der Waals surface area contributed by atoms with Gasteiger partial charge in [0.2, 0.25) is 5.91 Å². The first kappa shape index (κ1) is 67.0. The van der Waals surface area contributed by atoms with Gasteiger partial charge in [0.05, 0.1) is 31.3 Å². The smallest absolute Gasteiger partial charge is 0.222 e. The number of carbonyl (C=O) groups is 1. The molecule has 0 aliphatic carbocycles. The number of hydrogen-bond acceptors (Lipinski definition) is 4. The van der Waals surface area contributed by atoms with Crippen LogP contribution in [0.4, 0.5) is 0 Å². The average Bonchev–Trinajstić information content (AvgIpc) is 3.35. The number of hydrogen-bond donors (Lipinski definition) is 4. The number of aliphatic hydroxyl groups is 3. The summed E-state index contributed by atoms with van der Waals surface area (Å²) in [5.41, 5.74) is 0. The molecule has 5 nitrogen and oxygen atoms in total. The van der Waals surface area contributed by atoms with Crippen molar-refractivity contribution in [1.29, 1.82) is 0 Å². The average molecular weight is 967 g/mol. The molecule has 3 atom stereocenters. The molecule has 0 aliphatic heterocycles. The third-order valence-corrected chi connectivity index (χ3v) is 14.0. The van der Waals surface area contributed by atoms with E-state index in [0.29, 0.717) is 6.42 Å². The van der Waals surface area contributed by atoms with Crippen LogP contribution in [0.5, 0.6) is 0 Å². The molecule has 0 rings (SSSR count). The molecule has 0 saturated heterocycles. The second kappa shape index (κ2) is 58.6. The van der Waals surface area contributed by atoms with Gasteiger partial charge in [0.25, 0.3) is 0 Å². The Labute approximate surface area is 430 Å².